The van der Waals surface area contributed by atoms with Gasteiger partial charge in [0.15, 0.2) is 0 Å². The average Bonchev–Trinajstić information content (AvgIpc) is 2.70. The van der Waals surface area contributed by atoms with Crippen molar-refractivity contribution in [2.45, 2.75) is 50.0 Å². The lowest BCUT2D eigenvalue weighted by molar-refractivity contribution is -0.129. The molecular weight excluding hydrogens is 316 g/mol. The zero-order valence-corrected chi connectivity index (χ0v) is 14.0. The number of nitrogens with one attached hydrogen (secondary N) is 1. The maximum absolute atomic E-state index is 12.8. The van der Waals surface area contributed by atoms with Crippen molar-refractivity contribution in [2.24, 2.45) is 5.92 Å². The van der Waals surface area contributed by atoms with E-state index < -0.39 is 27.5 Å². The third kappa shape index (κ3) is 2.52. The zero-order valence-electron chi connectivity index (χ0n) is 13.2. The summed E-state index contributed by atoms with van der Waals surface area (Å²) in [6.07, 6.45) is 2.75. The van der Waals surface area contributed by atoms with E-state index in [1.165, 1.54) is 12.1 Å². The number of nitrogens with zero attached hydrogens (tertiary/aromatic N) is 1. The van der Waals surface area contributed by atoms with Crippen molar-refractivity contribution in [2.75, 3.05) is 0 Å². The summed E-state index contributed by atoms with van der Waals surface area (Å²) in [5.74, 6) is -0.371. The summed E-state index contributed by atoms with van der Waals surface area (Å²) in [7, 11) is -4.17. The Balaban J connectivity index is 1.98. The number of carbonyl (C=O) groups excluding carboxylic acids is 2. The maximum Gasteiger partial charge on any atom is 0.339 e. The summed E-state index contributed by atoms with van der Waals surface area (Å²) in [6, 6.07) is 5.28. The van der Waals surface area contributed by atoms with Crippen LogP contribution in [0.1, 0.15) is 38.2 Å². The van der Waals surface area contributed by atoms with Crippen LogP contribution in [0, 0.1) is 12.8 Å². The number of aryl methyl sites for hydroxylation is 1. The molecule has 2 unspecified atom stereocenters. The van der Waals surface area contributed by atoms with E-state index in [2.05, 4.69) is 5.32 Å². The predicted molar refractivity (Wildman–Crippen MR) is 84.1 cm³/mol. The molecule has 1 aromatic carbocycles. The van der Waals surface area contributed by atoms with Crippen LogP contribution in [-0.4, -0.2) is 30.2 Å². The highest BCUT2D eigenvalue weighted by molar-refractivity contribution is 7.90. The zero-order chi connectivity index (χ0) is 16.8. The number of rotatable bonds is 2. The van der Waals surface area contributed by atoms with E-state index >= 15 is 0 Å². The first-order valence-corrected chi connectivity index (χ1v) is 9.19. The first-order chi connectivity index (χ1) is 10.8. The van der Waals surface area contributed by atoms with E-state index in [0.717, 1.165) is 18.4 Å². The van der Waals surface area contributed by atoms with Crippen LogP contribution in [0.25, 0.3) is 0 Å². The first kappa shape index (κ1) is 16.0. The van der Waals surface area contributed by atoms with Crippen LogP contribution in [0.5, 0.6) is 0 Å². The van der Waals surface area contributed by atoms with E-state index in [9.17, 15) is 18.0 Å². The smallest absolute Gasteiger partial charge is 0.322 e. The molecule has 124 valence electrons. The highest BCUT2D eigenvalue weighted by atomic mass is 32.2. The number of amides is 3. The molecule has 1 N–H and O–H groups in total. The normalized spacial score (nSPS) is 28.3. The van der Waals surface area contributed by atoms with Gasteiger partial charge in [-0.25, -0.2) is 13.2 Å². The second kappa shape index (κ2) is 5.33. The van der Waals surface area contributed by atoms with Crippen molar-refractivity contribution in [1.82, 2.24) is 9.62 Å². The second-order valence-corrected chi connectivity index (χ2v) is 8.39. The molecule has 1 aliphatic heterocycles. The number of hydrogen-bond donors (Lipinski definition) is 1. The van der Waals surface area contributed by atoms with E-state index in [1.54, 1.807) is 12.1 Å². The van der Waals surface area contributed by atoms with Crippen LogP contribution < -0.4 is 5.32 Å². The molecule has 2 aliphatic rings. The third-order valence-electron chi connectivity index (χ3n) is 4.68. The van der Waals surface area contributed by atoms with Gasteiger partial charge in [0.1, 0.15) is 5.54 Å². The molecule has 0 aromatic heterocycles. The van der Waals surface area contributed by atoms with Gasteiger partial charge in [0.05, 0.1) is 4.90 Å². The highest BCUT2D eigenvalue weighted by Gasteiger charge is 2.56. The molecule has 1 aromatic rings. The number of urea groups is 1. The molecule has 3 rings (SSSR count). The number of imide groups is 1. The SMILES string of the molecule is Cc1ccc(S(=O)(=O)N2C(=O)NC3(CCCC(C)C3)C2=O)cc1. The molecule has 6 nitrogen and oxygen atoms in total. The van der Waals surface area contributed by atoms with E-state index in [0.29, 0.717) is 17.1 Å². The summed E-state index contributed by atoms with van der Waals surface area (Å²) in [5.41, 5.74) is -0.161. The van der Waals surface area contributed by atoms with Crippen LogP contribution in [0.4, 0.5) is 4.79 Å². The lowest BCUT2D eigenvalue weighted by Crippen LogP contribution is -2.50. The monoisotopic (exact) mass is 336 g/mol. The van der Waals surface area contributed by atoms with Gasteiger partial charge in [-0.1, -0.05) is 37.5 Å². The molecule has 2 fully saturated rings. The van der Waals surface area contributed by atoms with Crippen LogP contribution in [0.15, 0.2) is 29.2 Å². The summed E-state index contributed by atoms with van der Waals surface area (Å²) in [6.45, 7) is 3.85. The lowest BCUT2D eigenvalue weighted by Gasteiger charge is -2.34. The minimum Gasteiger partial charge on any atom is -0.322 e. The number of sulfonamides is 1. The van der Waals surface area contributed by atoms with E-state index in [1.807, 2.05) is 13.8 Å². The highest BCUT2D eigenvalue weighted by Crippen LogP contribution is 2.38. The molecule has 1 aliphatic carbocycles. The minimum absolute atomic E-state index is 0.0486. The number of carbonyl (C=O) groups is 2. The van der Waals surface area contributed by atoms with Crippen molar-refractivity contribution in [3.8, 4) is 0 Å². The van der Waals surface area contributed by atoms with Crippen LogP contribution in [0.3, 0.4) is 0 Å². The summed E-state index contributed by atoms with van der Waals surface area (Å²) in [4.78, 5) is 25.0. The van der Waals surface area contributed by atoms with Gasteiger partial charge >= 0.3 is 6.03 Å². The van der Waals surface area contributed by atoms with Crippen molar-refractivity contribution in [3.63, 3.8) is 0 Å². The van der Waals surface area contributed by atoms with Crippen LogP contribution >= 0.6 is 0 Å². The number of benzene rings is 1. The summed E-state index contributed by atoms with van der Waals surface area (Å²) in [5, 5.41) is 2.65. The Morgan fingerprint density at radius 2 is 1.87 bits per heavy atom. The number of hydrogen-bond acceptors (Lipinski definition) is 4. The van der Waals surface area contributed by atoms with Gasteiger partial charge in [0, 0.05) is 0 Å². The Bertz CT molecular complexity index is 757. The van der Waals surface area contributed by atoms with Crippen molar-refractivity contribution in [1.29, 1.82) is 0 Å². The molecule has 0 radical (unpaired) electrons. The topological polar surface area (TPSA) is 83.6 Å². The molecule has 1 saturated heterocycles. The quantitative estimate of drug-likeness (QED) is 0.839. The van der Waals surface area contributed by atoms with Crippen molar-refractivity contribution < 1.29 is 18.0 Å². The average molecular weight is 336 g/mol. The second-order valence-electron chi connectivity index (χ2n) is 6.60. The van der Waals surface area contributed by atoms with Gasteiger partial charge in [-0.2, -0.15) is 0 Å². The van der Waals surface area contributed by atoms with Gasteiger partial charge in [-0.15, -0.1) is 4.31 Å². The standard InChI is InChI=1S/C16H20N2O4S/c1-11-5-7-13(8-6-11)23(21,22)18-14(19)16(17-15(18)20)9-3-4-12(2)10-16/h5-8,12H,3-4,9-10H2,1-2H3,(H,17,20). The molecule has 1 heterocycles. The van der Waals surface area contributed by atoms with Gasteiger partial charge < -0.3 is 5.32 Å². The molecular formula is C16H20N2O4S. The molecule has 2 atom stereocenters. The molecule has 0 bridgehead atoms. The minimum atomic E-state index is -4.17. The fourth-order valence-electron chi connectivity index (χ4n) is 3.49. The van der Waals surface area contributed by atoms with Crippen molar-refractivity contribution >= 4 is 22.0 Å². The Hall–Kier alpha value is -1.89. The maximum atomic E-state index is 12.8. The predicted octanol–water partition coefficient (Wildman–Crippen LogP) is 2.18. The first-order valence-electron chi connectivity index (χ1n) is 7.75. The van der Waals surface area contributed by atoms with Crippen LogP contribution in [-0.2, 0) is 14.8 Å². The Kier molecular flexibility index (Phi) is 3.71. The fraction of sp³-hybridized carbons (Fsp3) is 0.500. The van der Waals surface area contributed by atoms with Crippen LogP contribution in [0.2, 0.25) is 0 Å². The molecule has 7 heteroatoms. The van der Waals surface area contributed by atoms with Gasteiger partial charge in [-0.3, -0.25) is 4.79 Å². The molecule has 1 spiro atoms. The molecule has 1 saturated carbocycles. The van der Waals surface area contributed by atoms with E-state index in [-0.39, 0.29) is 10.8 Å². The van der Waals surface area contributed by atoms with Gasteiger partial charge in [0.25, 0.3) is 15.9 Å². The summed E-state index contributed by atoms with van der Waals surface area (Å²) < 4.78 is 25.8. The summed E-state index contributed by atoms with van der Waals surface area (Å²) >= 11 is 0. The Labute approximate surface area is 135 Å². The largest absolute Gasteiger partial charge is 0.339 e. The van der Waals surface area contributed by atoms with E-state index in [4.69, 9.17) is 0 Å². The molecule has 23 heavy (non-hydrogen) atoms. The third-order valence-corrected chi connectivity index (χ3v) is 6.36. The molecule has 3 amide bonds. The van der Waals surface area contributed by atoms with Gasteiger partial charge in [-0.05, 0) is 37.8 Å². The van der Waals surface area contributed by atoms with Crippen molar-refractivity contribution in [3.05, 3.63) is 29.8 Å². The lowest BCUT2D eigenvalue weighted by atomic mass is 9.76. The Morgan fingerprint density at radius 3 is 2.48 bits per heavy atom. The Morgan fingerprint density at radius 1 is 1.22 bits per heavy atom. The fourth-order valence-corrected chi connectivity index (χ4v) is 4.84. The van der Waals surface area contributed by atoms with Gasteiger partial charge in [0.2, 0.25) is 0 Å².